The highest BCUT2D eigenvalue weighted by Gasteiger charge is 2.12. The maximum Gasteiger partial charge on any atom is 0.0589 e. The van der Waals surface area contributed by atoms with Crippen LogP contribution in [-0.4, -0.2) is 217 Å². The van der Waals surface area contributed by atoms with Crippen LogP contribution < -0.4 is 0 Å². The molecule has 296 valence electrons. The van der Waals surface area contributed by atoms with E-state index in [4.69, 9.17) is 23.7 Å². The number of ether oxygens (including phenoxy) is 5. The number of piperazine rings is 1. The third kappa shape index (κ3) is 33.2. The fourth-order valence-electron chi connectivity index (χ4n) is 5.99. The van der Waals surface area contributed by atoms with Gasteiger partial charge in [-0.25, -0.2) is 0 Å². The van der Waals surface area contributed by atoms with Crippen molar-refractivity contribution in [3.8, 4) is 0 Å². The second kappa shape index (κ2) is 37.3. The zero-order valence-electron chi connectivity index (χ0n) is 33.9. The first-order valence-corrected chi connectivity index (χ1v) is 19.6. The van der Waals surface area contributed by atoms with Gasteiger partial charge in [-0.05, 0) is 105 Å². The third-order valence-electron chi connectivity index (χ3n) is 9.34. The first-order chi connectivity index (χ1) is 23.9. The van der Waals surface area contributed by atoms with Crippen molar-refractivity contribution >= 4 is 0 Å². The molecule has 0 amide bonds. The third-order valence-corrected chi connectivity index (χ3v) is 9.34. The second-order valence-corrected chi connectivity index (χ2v) is 14.0. The van der Waals surface area contributed by atoms with Crippen LogP contribution in [0.2, 0.25) is 0 Å². The fourth-order valence-corrected chi connectivity index (χ4v) is 5.99. The van der Waals surface area contributed by atoms with Gasteiger partial charge in [0, 0.05) is 101 Å². The lowest BCUT2D eigenvalue weighted by Gasteiger charge is -2.31. The van der Waals surface area contributed by atoms with E-state index >= 15 is 0 Å². The summed E-state index contributed by atoms with van der Waals surface area (Å²) < 4.78 is 24.8. The van der Waals surface area contributed by atoms with E-state index in [1.54, 1.807) is 35.5 Å². The van der Waals surface area contributed by atoms with E-state index in [0.29, 0.717) is 0 Å². The molecular formula is C38H84N6O5. The lowest BCUT2D eigenvalue weighted by molar-refractivity contribution is 0.108. The summed E-state index contributed by atoms with van der Waals surface area (Å²) in [5, 5.41) is 0. The maximum atomic E-state index is 5.02. The molecule has 0 unspecified atom stereocenters. The Labute approximate surface area is 304 Å². The summed E-state index contributed by atoms with van der Waals surface area (Å²) in [6.07, 6.45) is 13.8. The summed E-state index contributed by atoms with van der Waals surface area (Å²) in [5.41, 5.74) is 0. The topological polar surface area (TPSA) is 65.6 Å². The Morgan fingerprint density at radius 3 is 1.02 bits per heavy atom. The van der Waals surface area contributed by atoms with Gasteiger partial charge in [0.15, 0.2) is 0 Å². The molecule has 0 bridgehead atoms. The first kappa shape index (κ1) is 48.6. The maximum absolute atomic E-state index is 5.02. The Bertz CT molecular complexity index is 603. The normalized spacial score (nSPS) is 19.8. The van der Waals surface area contributed by atoms with E-state index in [2.05, 4.69) is 36.4 Å². The first-order valence-electron chi connectivity index (χ1n) is 19.6. The number of likely N-dealkylation sites (tertiary alicyclic amines) is 3. The number of piperidine rings is 3. The molecule has 0 aromatic heterocycles. The minimum absolute atomic E-state index is 0.826. The van der Waals surface area contributed by atoms with Crippen LogP contribution in [0, 0.1) is 0 Å². The quantitative estimate of drug-likeness (QED) is 0.221. The number of likely N-dealkylation sites (N-methyl/N-ethyl adjacent to an activating group) is 2. The van der Waals surface area contributed by atoms with Gasteiger partial charge in [-0.15, -0.1) is 0 Å². The molecule has 4 aliphatic heterocycles. The Morgan fingerprint density at radius 1 is 0.388 bits per heavy atom. The molecule has 0 aliphatic carbocycles. The monoisotopic (exact) mass is 705 g/mol. The Kier molecular flexibility index (Phi) is 37.0. The second-order valence-electron chi connectivity index (χ2n) is 14.0. The van der Waals surface area contributed by atoms with Crippen molar-refractivity contribution in [2.45, 2.75) is 64.2 Å². The van der Waals surface area contributed by atoms with Gasteiger partial charge in [0.25, 0.3) is 0 Å². The molecule has 0 spiro atoms. The smallest absolute Gasteiger partial charge is 0.0589 e. The van der Waals surface area contributed by atoms with E-state index in [1.165, 1.54) is 136 Å². The van der Waals surface area contributed by atoms with Crippen LogP contribution in [0.4, 0.5) is 0 Å². The van der Waals surface area contributed by atoms with Crippen molar-refractivity contribution in [1.29, 1.82) is 0 Å². The van der Waals surface area contributed by atoms with Gasteiger partial charge in [0.2, 0.25) is 0 Å². The van der Waals surface area contributed by atoms with Gasteiger partial charge in [0.1, 0.15) is 0 Å². The zero-order chi connectivity index (χ0) is 36.2. The molecule has 11 nitrogen and oxygen atoms in total. The van der Waals surface area contributed by atoms with Gasteiger partial charge in [-0.3, -0.25) is 4.90 Å². The van der Waals surface area contributed by atoms with Crippen molar-refractivity contribution < 1.29 is 23.7 Å². The average molecular weight is 705 g/mol. The molecular weight excluding hydrogens is 620 g/mol. The molecule has 4 fully saturated rings. The SMILES string of the molecule is COCCCN1CCCCC1.COCCN(C)C.COCCN1CCCCC1.COCCN1CCCCC1.COCCN1CCN(C)CC1. The van der Waals surface area contributed by atoms with Crippen LogP contribution in [0.1, 0.15) is 64.2 Å². The van der Waals surface area contributed by atoms with Crippen molar-refractivity contribution in [2.24, 2.45) is 0 Å². The molecule has 0 saturated carbocycles. The lowest BCUT2D eigenvalue weighted by atomic mass is 10.1. The summed E-state index contributed by atoms with van der Waals surface area (Å²) in [7, 11) is 15.0. The molecule has 0 aromatic rings. The van der Waals surface area contributed by atoms with Crippen molar-refractivity contribution in [3.63, 3.8) is 0 Å². The standard InChI is InChI=1S/C9H19NO.C8H18N2O.2C8H17NO.C5H13NO/c1-11-9-5-8-10-6-3-2-4-7-10;1-9-3-5-10(6-4-9)7-8-11-2;2*1-10-8-7-9-5-3-2-4-6-9;1-6(2)4-5-7-3/h2-9H2,1H3;3-8H2,1-2H3;2*2-8H2,1H3;4-5H2,1-3H3. The fraction of sp³-hybridized carbons (Fsp3) is 1.00. The van der Waals surface area contributed by atoms with E-state index in [-0.39, 0.29) is 0 Å². The Balaban J connectivity index is 0.000000593. The Morgan fingerprint density at radius 2 is 0.714 bits per heavy atom. The van der Waals surface area contributed by atoms with E-state index in [0.717, 1.165) is 59.2 Å². The highest BCUT2D eigenvalue weighted by Crippen LogP contribution is 2.09. The van der Waals surface area contributed by atoms with Crippen LogP contribution in [0.3, 0.4) is 0 Å². The number of hydrogen-bond acceptors (Lipinski definition) is 11. The number of methoxy groups -OCH3 is 5. The van der Waals surface area contributed by atoms with Gasteiger partial charge < -0.3 is 48.2 Å². The van der Waals surface area contributed by atoms with Crippen LogP contribution in [0.15, 0.2) is 0 Å². The summed E-state index contributed by atoms with van der Waals surface area (Å²) in [5.74, 6) is 0. The molecule has 4 aliphatic rings. The Hall–Kier alpha value is -0.440. The zero-order valence-corrected chi connectivity index (χ0v) is 33.9. The summed E-state index contributed by atoms with van der Waals surface area (Å²) >= 11 is 0. The molecule has 0 N–H and O–H groups in total. The molecule has 0 atom stereocenters. The van der Waals surface area contributed by atoms with Gasteiger partial charge in [0.05, 0.1) is 26.4 Å². The number of nitrogens with zero attached hydrogens (tertiary/aromatic N) is 6. The molecule has 4 rings (SSSR count). The number of rotatable bonds is 16. The molecule has 0 aromatic carbocycles. The predicted octanol–water partition coefficient (Wildman–Crippen LogP) is 3.82. The van der Waals surface area contributed by atoms with Crippen molar-refractivity contribution in [2.75, 3.05) is 188 Å². The lowest BCUT2D eigenvalue weighted by Crippen LogP contribution is -2.45. The average Bonchev–Trinajstić information content (AvgIpc) is 3.14. The van der Waals surface area contributed by atoms with E-state index < -0.39 is 0 Å². The molecule has 4 saturated heterocycles. The van der Waals surface area contributed by atoms with Crippen LogP contribution in [-0.2, 0) is 23.7 Å². The van der Waals surface area contributed by atoms with Crippen LogP contribution >= 0.6 is 0 Å². The highest BCUT2D eigenvalue weighted by molar-refractivity contribution is 4.68. The minimum Gasteiger partial charge on any atom is -0.385 e. The van der Waals surface area contributed by atoms with Crippen molar-refractivity contribution in [3.05, 3.63) is 0 Å². The van der Waals surface area contributed by atoms with Gasteiger partial charge in [-0.1, -0.05) is 19.3 Å². The molecule has 0 radical (unpaired) electrons. The molecule has 4 heterocycles. The summed E-state index contributed by atoms with van der Waals surface area (Å²) in [4.78, 5) is 14.4. The molecule has 49 heavy (non-hydrogen) atoms. The predicted molar refractivity (Wildman–Crippen MR) is 207 cm³/mol. The van der Waals surface area contributed by atoms with Crippen LogP contribution in [0.25, 0.3) is 0 Å². The van der Waals surface area contributed by atoms with Gasteiger partial charge >= 0.3 is 0 Å². The van der Waals surface area contributed by atoms with E-state index in [9.17, 15) is 0 Å². The summed E-state index contributed by atoms with van der Waals surface area (Å²) in [6.45, 7) is 22.5. The minimum atomic E-state index is 0.826. The van der Waals surface area contributed by atoms with Crippen molar-refractivity contribution in [1.82, 2.24) is 29.4 Å². The van der Waals surface area contributed by atoms with Crippen LogP contribution in [0.5, 0.6) is 0 Å². The van der Waals surface area contributed by atoms with Gasteiger partial charge in [-0.2, -0.15) is 0 Å². The number of hydrogen-bond donors (Lipinski definition) is 0. The van der Waals surface area contributed by atoms with E-state index in [1.807, 2.05) is 14.1 Å². The largest absolute Gasteiger partial charge is 0.385 e. The summed E-state index contributed by atoms with van der Waals surface area (Å²) in [6, 6.07) is 0. The molecule has 11 heteroatoms. The highest BCUT2D eigenvalue weighted by atomic mass is 16.5.